The molecule has 1 aromatic rings. The van der Waals surface area contributed by atoms with Crippen molar-refractivity contribution < 1.29 is 9.90 Å². The summed E-state index contributed by atoms with van der Waals surface area (Å²) in [6.07, 6.45) is 6.84. The summed E-state index contributed by atoms with van der Waals surface area (Å²) >= 11 is 3.28. The standard InChI is InChI=1S/C11H11BrN2O2/c1-2-5-14(8-11(15)16)7-10-4-3-9(12)6-13-10/h1,3-4,6H,5,7-8H2,(H,15,16). The Morgan fingerprint density at radius 1 is 1.62 bits per heavy atom. The normalized spacial score (nSPS) is 10.1. The maximum absolute atomic E-state index is 10.6. The predicted octanol–water partition coefficient (Wildman–Crippen LogP) is 1.36. The number of halogens is 1. The summed E-state index contributed by atoms with van der Waals surface area (Å²) in [5.74, 6) is 1.53. The van der Waals surface area contributed by atoms with Crippen LogP contribution in [0, 0.1) is 12.3 Å². The molecule has 0 bridgehead atoms. The van der Waals surface area contributed by atoms with Crippen molar-refractivity contribution in [1.82, 2.24) is 9.88 Å². The van der Waals surface area contributed by atoms with Gasteiger partial charge in [0, 0.05) is 17.2 Å². The minimum absolute atomic E-state index is 0.0814. The fraction of sp³-hybridized carbons (Fsp3) is 0.273. The van der Waals surface area contributed by atoms with Crippen molar-refractivity contribution in [3.05, 3.63) is 28.5 Å². The van der Waals surface area contributed by atoms with Crippen LogP contribution in [-0.2, 0) is 11.3 Å². The van der Waals surface area contributed by atoms with Crippen molar-refractivity contribution >= 4 is 21.9 Å². The van der Waals surface area contributed by atoms with Crippen LogP contribution in [0.5, 0.6) is 0 Å². The number of carboxylic acid groups (broad SMARTS) is 1. The van der Waals surface area contributed by atoms with Gasteiger partial charge in [-0.2, -0.15) is 0 Å². The summed E-state index contributed by atoms with van der Waals surface area (Å²) in [4.78, 5) is 16.4. The average Bonchev–Trinajstić information content (AvgIpc) is 2.21. The first-order chi connectivity index (χ1) is 7.61. The van der Waals surface area contributed by atoms with Gasteiger partial charge in [-0.15, -0.1) is 6.42 Å². The second-order valence-corrected chi connectivity index (χ2v) is 4.13. The van der Waals surface area contributed by atoms with Crippen LogP contribution in [0.2, 0.25) is 0 Å². The van der Waals surface area contributed by atoms with Crippen LogP contribution >= 0.6 is 15.9 Å². The first kappa shape index (κ1) is 12.7. The Labute approximate surface area is 102 Å². The van der Waals surface area contributed by atoms with Gasteiger partial charge >= 0.3 is 5.97 Å². The highest BCUT2D eigenvalue weighted by atomic mass is 79.9. The number of hydrogen-bond acceptors (Lipinski definition) is 3. The van der Waals surface area contributed by atoms with Crippen LogP contribution in [0.3, 0.4) is 0 Å². The smallest absolute Gasteiger partial charge is 0.317 e. The van der Waals surface area contributed by atoms with Crippen molar-refractivity contribution in [2.45, 2.75) is 6.54 Å². The molecule has 0 saturated carbocycles. The fourth-order valence-corrected chi connectivity index (χ4v) is 1.45. The largest absolute Gasteiger partial charge is 0.480 e. The molecule has 0 amide bonds. The lowest BCUT2D eigenvalue weighted by Gasteiger charge is -2.16. The Morgan fingerprint density at radius 3 is 2.88 bits per heavy atom. The Morgan fingerprint density at radius 2 is 2.38 bits per heavy atom. The molecule has 1 N–H and O–H groups in total. The minimum atomic E-state index is -0.896. The first-order valence-electron chi connectivity index (χ1n) is 4.60. The van der Waals surface area contributed by atoms with E-state index < -0.39 is 5.97 Å². The summed E-state index contributed by atoms with van der Waals surface area (Å²) in [5.41, 5.74) is 0.791. The monoisotopic (exact) mass is 282 g/mol. The van der Waals surface area contributed by atoms with Crippen LogP contribution in [0.15, 0.2) is 22.8 Å². The van der Waals surface area contributed by atoms with Crippen molar-refractivity contribution in [3.8, 4) is 12.3 Å². The molecule has 0 spiro atoms. The van der Waals surface area contributed by atoms with E-state index in [2.05, 4.69) is 26.8 Å². The molecule has 16 heavy (non-hydrogen) atoms. The highest BCUT2D eigenvalue weighted by molar-refractivity contribution is 9.10. The summed E-state index contributed by atoms with van der Waals surface area (Å²) in [6.45, 7) is 0.649. The zero-order chi connectivity index (χ0) is 12.0. The molecular formula is C11H11BrN2O2. The van der Waals surface area contributed by atoms with Gasteiger partial charge in [0.15, 0.2) is 0 Å². The quantitative estimate of drug-likeness (QED) is 0.829. The van der Waals surface area contributed by atoms with Gasteiger partial charge in [-0.05, 0) is 28.1 Å². The van der Waals surface area contributed by atoms with Gasteiger partial charge in [0.1, 0.15) is 0 Å². The van der Waals surface area contributed by atoms with E-state index in [9.17, 15) is 4.79 Å². The average molecular weight is 283 g/mol. The van der Waals surface area contributed by atoms with Crippen LogP contribution in [0.25, 0.3) is 0 Å². The van der Waals surface area contributed by atoms with Crippen LogP contribution in [0.4, 0.5) is 0 Å². The third-order valence-electron chi connectivity index (χ3n) is 1.85. The summed E-state index contributed by atoms with van der Waals surface area (Å²) in [5, 5.41) is 8.69. The number of aromatic nitrogens is 1. The highest BCUT2D eigenvalue weighted by Gasteiger charge is 2.09. The van der Waals surface area contributed by atoms with E-state index in [1.807, 2.05) is 12.1 Å². The lowest BCUT2D eigenvalue weighted by Crippen LogP contribution is -2.30. The molecule has 0 aliphatic heterocycles. The van der Waals surface area contributed by atoms with E-state index in [4.69, 9.17) is 11.5 Å². The number of carbonyl (C=O) groups is 1. The van der Waals surface area contributed by atoms with E-state index in [1.54, 1.807) is 11.1 Å². The molecule has 0 radical (unpaired) electrons. The molecule has 1 heterocycles. The molecule has 1 rings (SSSR count). The Kier molecular flexibility index (Phi) is 4.96. The second kappa shape index (κ2) is 6.26. The van der Waals surface area contributed by atoms with Gasteiger partial charge in [-0.1, -0.05) is 5.92 Å². The summed E-state index contributed by atoms with van der Waals surface area (Å²) in [6, 6.07) is 3.69. The lowest BCUT2D eigenvalue weighted by molar-refractivity contribution is -0.138. The van der Waals surface area contributed by atoms with Gasteiger partial charge in [0.05, 0.1) is 18.8 Å². The molecule has 0 aromatic carbocycles. The molecule has 0 saturated heterocycles. The molecule has 0 aliphatic rings. The molecule has 0 aliphatic carbocycles. The molecule has 0 atom stereocenters. The summed E-state index contributed by atoms with van der Waals surface area (Å²) < 4.78 is 0.887. The number of hydrogen-bond donors (Lipinski definition) is 1. The van der Waals surface area contributed by atoms with Crippen molar-refractivity contribution in [1.29, 1.82) is 0 Å². The highest BCUT2D eigenvalue weighted by Crippen LogP contribution is 2.08. The fourth-order valence-electron chi connectivity index (χ4n) is 1.22. The minimum Gasteiger partial charge on any atom is -0.480 e. The molecule has 0 fully saturated rings. The zero-order valence-corrected chi connectivity index (χ0v) is 10.1. The Bertz CT molecular complexity index is 397. The lowest BCUT2D eigenvalue weighted by atomic mass is 10.3. The number of carboxylic acids is 1. The Hall–Kier alpha value is -1.38. The van der Waals surface area contributed by atoms with Gasteiger partial charge in [0.25, 0.3) is 0 Å². The third-order valence-corrected chi connectivity index (χ3v) is 2.32. The number of aliphatic carboxylic acids is 1. The molecule has 0 unspecified atom stereocenters. The van der Waals surface area contributed by atoms with Crippen molar-refractivity contribution in [2.24, 2.45) is 0 Å². The zero-order valence-electron chi connectivity index (χ0n) is 8.56. The van der Waals surface area contributed by atoms with E-state index in [0.717, 1.165) is 10.2 Å². The Balaban J connectivity index is 2.64. The maximum Gasteiger partial charge on any atom is 0.317 e. The van der Waals surface area contributed by atoms with Crippen LogP contribution in [-0.4, -0.2) is 34.0 Å². The first-order valence-corrected chi connectivity index (χ1v) is 5.39. The van der Waals surface area contributed by atoms with Gasteiger partial charge in [-0.25, -0.2) is 0 Å². The van der Waals surface area contributed by atoms with Crippen molar-refractivity contribution in [3.63, 3.8) is 0 Å². The molecular weight excluding hydrogens is 272 g/mol. The maximum atomic E-state index is 10.6. The molecule has 84 valence electrons. The second-order valence-electron chi connectivity index (χ2n) is 3.21. The van der Waals surface area contributed by atoms with E-state index in [-0.39, 0.29) is 6.54 Å². The van der Waals surface area contributed by atoms with E-state index in [0.29, 0.717) is 13.1 Å². The molecule has 5 heteroatoms. The van der Waals surface area contributed by atoms with Gasteiger partial charge < -0.3 is 5.11 Å². The SMILES string of the molecule is C#CCN(CC(=O)O)Cc1ccc(Br)cn1. The van der Waals surface area contributed by atoms with Gasteiger partial charge in [-0.3, -0.25) is 14.7 Å². The number of nitrogens with zero attached hydrogens (tertiary/aromatic N) is 2. The van der Waals surface area contributed by atoms with E-state index in [1.165, 1.54) is 0 Å². The topological polar surface area (TPSA) is 53.4 Å². The molecule has 1 aromatic heterocycles. The van der Waals surface area contributed by atoms with Crippen LogP contribution in [0.1, 0.15) is 5.69 Å². The van der Waals surface area contributed by atoms with Crippen molar-refractivity contribution in [2.75, 3.05) is 13.1 Å². The van der Waals surface area contributed by atoms with Crippen LogP contribution < -0.4 is 0 Å². The van der Waals surface area contributed by atoms with E-state index >= 15 is 0 Å². The third kappa shape index (κ3) is 4.43. The predicted molar refractivity (Wildman–Crippen MR) is 63.7 cm³/mol. The number of pyridine rings is 1. The molecule has 4 nitrogen and oxygen atoms in total. The number of rotatable bonds is 5. The number of terminal acetylenes is 1. The van der Waals surface area contributed by atoms with Gasteiger partial charge in [0.2, 0.25) is 0 Å². The summed E-state index contributed by atoms with van der Waals surface area (Å²) in [7, 11) is 0.